The molecule has 0 aliphatic carbocycles. The van der Waals surface area contributed by atoms with E-state index in [-0.39, 0.29) is 5.82 Å². The Morgan fingerprint density at radius 3 is 2.84 bits per heavy atom. The van der Waals surface area contributed by atoms with E-state index in [9.17, 15) is 4.39 Å². The number of hydrogen-bond donors (Lipinski definition) is 2. The van der Waals surface area contributed by atoms with Gasteiger partial charge in [-0.25, -0.2) is 9.37 Å². The van der Waals surface area contributed by atoms with Crippen molar-refractivity contribution in [2.24, 2.45) is 0 Å². The van der Waals surface area contributed by atoms with Crippen molar-refractivity contribution in [2.45, 2.75) is 26.2 Å². The molecule has 6 nitrogen and oxygen atoms in total. The maximum atomic E-state index is 13.8. The van der Waals surface area contributed by atoms with Crippen LogP contribution in [0.1, 0.15) is 31.7 Å². The molecule has 0 atom stereocenters. The molecule has 1 aliphatic heterocycles. The third kappa shape index (κ3) is 5.60. The van der Waals surface area contributed by atoms with E-state index in [2.05, 4.69) is 49.6 Å². The van der Waals surface area contributed by atoms with Crippen LogP contribution in [0, 0.1) is 17.7 Å². The van der Waals surface area contributed by atoms with Crippen molar-refractivity contribution in [3.63, 3.8) is 0 Å². The average Bonchev–Trinajstić information content (AvgIpc) is 3.57. The summed E-state index contributed by atoms with van der Waals surface area (Å²) in [6.45, 7) is 9.15. The Morgan fingerprint density at radius 1 is 1.19 bits per heavy atom. The van der Waals surface area contributed by atoms with Gasteiger partial charge in [0.1, 0.15) is 11.5 Å². The summed E-state index contributed by atoms with van der Waals surface area (Å²) in [6, 6.07) is 6.42. The first kappa shape index (κ1) is 24.4. The van der Waals surface area contributed by atoms with Gasteiger partial charge in [-0.05, 0) is 62.2 Å². The van der Waals surface area contributed by atoms with E-state index in [0.29, 0.717) is 22.6 Å². The highest BCUT2D eigenvalue weighted by Crippen LogP contribution is 2.29. The van der Waals surface area contributed by atoms with Gasteiger partial charge in [-0.1, -0.05) is 49.1 Å². The maximum Gasteiger partial charge on any atom is 0.157 e. The van der Waals surface area contributed by atoms with Crippen LogP contribution >= 0.6 is 0 Å². The molecule has 1 saturated heterocycles. The number of nitrogens with one attached hydrogen (secondary N) is 2. The van der Waals surface area contributed by atoms with E-state index in [1.807, 2.05) is 25.1 Å². The monoisotopic (exact) mass is 492 g/mol. The minimum Gasteiger partial charge on any atom is -0.335 e. The van der Waals surface area contributed by atoms with Crippen molar-refractivity contribution in [1.29, 1.82) is 0 Å². The molecular weight excluding hydrogens is 463 g/mol. The van der Waals surface area contributed by atoms with Gasteiger partial charge < -0.3 is 4.98 Å². The second kappa shape index (κ2) is 11.2. The molecule has 0 saturated carbocycles. The molecule has 7 heteroatoms. The smallest absolute Gasteiger partial charge is 0.157 e. The highest BCUT2D eigenvalue weighted by Gasteiger charge is 2.15. The van der Waals surface area contributed by atoms with Crippen molar-refractivity contribution in [2.75, 3.05) is 19.6 Å². The van der Waals surface area contributed by atoms with Crippen molar-refractivity contribution < 1.29 is 4.39 Å². The van der Waals surface area contributed by atoms with Gasteiger partial charge in [-0.3, -0.25) is 15.0 Å². The third-order valence-electron chi connectivity index (χ3n) is 6.52. The van der Waals surface area contributed by atoms with E-state index in [4.69, 9.17) is 4.98 Å². The highest BCUT2D eigenvalue weighted by atomic mass is 19.1. The van der Waals surface area contributed by atoms with Crippen molar-refractivity contribution in [3.05, 3.63) is 90.2 Å². The number of piperidine rings is 1. The lowest BCUT2D eigenvalue weighted by Crippen LogP contribution is -2.31. The molecule has 0 radical (unpaired) electrons. The number of hydrogen-bond acceptors (Lipinski definition) is 4. The van der Waals surface area contributed by atoms with Gasteiger partial charge in [0.05, 0.1) is 29.0 Å². The van der Waals surface area contributed by atoms with Gasteiger partial charge in [-0.15, -0.1) is 0 Å². The number of pyridine rings is 1. The number of likely N-dealkylation sites (tertiary alicyclic amines) is 1. The van der Waals surface area contributed by atoms with Gasteiger partial charge in [0.2, 0.25) is 0 Å². The first-order chi connectivity index (χ1) is 18.1. The Kier molecular flexibility index (Phi) is 7.38. The summed E-state index contributed by atoms with van der Waals surface area (Å²) in [6.07, 6.45) is 15.0. The van der Waals surface area contributed by atoms with Crippen LogP contribution in [-0.4, -0.2) is 49.7 Å². The Hall–Kier alpha value is -4.28. The zero-order valence-corrected chi connectivity index (χ0v) is 20.9. The molecule has 0 spiro atoms. The maximum absolute atomic E-state index is 13.8. The molecule has 3 aromatic heterocycles. The molecule has 1 aliphatic rings. The number of fused-ring (bicyclic) bond motifs is 1. The summed E-state index contributed by atoms with van der Waals surface area (Å²) in [5, 5.41) is 7.22. The molecule has 0 unspecified atom stereocenters. The van der Waals surface area contributed by atoms with E-state index < -0.39 is 0 Å². The fourth-order valence-electron chi connectivity index (χ4n) is 4.56. The van der Waals surface area contributed by atoms with Gasteiger partial charge in [0.25, 0.3) is 0 Å². The highest BCUT2D eigenvalue weighted by molar-refractivity contribution is 5.92. The molecule has 0 amide bonds. The Balaban J connectivity index is 1.42. The van der Waals surface area contributed by atoms with Crippen LogP contribution in [0.5, 0.6) is 0 Å². The summed E-state index contributed by atoms with van der Waals surface area (Å²) in [4.78, 5) is 14.9. The molecule has 2 N–H and O–H groups in total. The minimum absolute atomic E-state index is 0.305. The SMILES string of the molecule is C=C/C(=C\C(C#Cc1cn[nH]c1-c1nc2c(-c3cccc(F)c3)cncc2[nH]1)=C/C)CN1CCCCC1. The quantitative estimate of drug-likeness (QED) is 0.254. The van der Waals surface area contributed by atoms with Crippen LogP contribution in [0.4, 0.5) is 4.39 Å². The van der Waals surface area contributed by atoms with E-state index in [1.54, 1.807) is 24.7 Å². The predicted molar refractivity (Wildman–Crippen MR) is 146 cm³/mol. The van der Waals surface area contributed by atoms with Crippen LogP contribution in [0.2, 0.25) is 0 Å². The van der Waals surface area contributed by atoms with Crippen LogP contribution in [0.25, 0.3) is 33.7 Å². The number of benzene rings is 1. The Bertz CT molecular complexity index is 1540. The zero-order valence-electron chi connectivity index (χ0n) is 20.9. The molecule has 4 heterocycles. The molecule has 37 heavy (non-hydrogen) atoms. The molecule has 1 aromatic carbocycles. The lowest BCUT2D eigenvalue weighted by atomic mass is 10.1. The molecular formula is C30H29FN6. The molecule has 186 valence electrons. The Labute approximate surface area is 216 Å². The van der Waals surface area contributed by atoms with Crippen molar-refractivity contribution in [3.8, 4) is 34.5 Å². The number of aromatic nitrogens is 5. The molecule has 0 bridgehead atoms. The number of nitrogens with zero attached hydrogens (tertiary/aromatic N) is 4. The first-order valence-corrected chi connectivity index (χ1v) is 12.5. The largest absolute Gasteiger partial charge is 0.335 e. The third-order valence-corrected chi connectivity index (χ3v) is 6.52. The number of halogens is 1. The van der Waals surface area contributed by atoms with E-state index >= 15 is 0 Å². The fraction of sp³-hybridized carbons (Fsp3) is 0.233. The predicted octanol–water partition coefficient (Wildman–Crippen LogP) is 6.05. The van der Waals surface area contributed by atoms with Gasteiger partial charge in [0, 0.05) is 23.9 Å². The van der Waals surface area contributed by atoms with Crippen LogP contribution in [0.3, 0.4) is 0 Å². The lowest BCUT2D eigenvalue weighted by Gasteiger charge is -2.26. The Morgan fingerprint density at radius 2 is 2.05 bits per heavy atom. The summed E-state index contributed by atoms with van der Waals surface area (Å²) in [5.74, 6) is 6.81. The van der Waals surface area contributed by atoms with E-state index in [1.165, 1.54) is 31.4 Å². The number of allylic oxidation sites excluding steroid dienone is 3. The topological polar surface area (TPSA) is 73.5 Å². The summed E-state index contributed by atoms with van der Waals surface area (Å²) < 4.78 is 13.8. The second-order valence-corrected chi connectivity index (χ2v) is 9.09. The fourth-order valence-corrected chi connectivity index (χ4v) is 4.56. The first-order valence-electron chi connectivity index (χ1n) is 12.5. The number of rotatable bonds is 6. The summed E-state index contributed by atoms with van der Waals surface area (Å²) >= 11 is 0. The number of aromatic amines is 2. The van der Waals surface area contributed by atoms with Crippen molar-refractivity contribution >= 4 is 11.0 Å². The second-order valence-electron chi connectivity index (χ2n) is 9.09. The van der Waals surface area contributed by atoms with Crippen LogP contribution < -0.4 is 0 Å². The number of imidazole rings is 1. The van der Waals surface area contributed by atoms with Crippen molar-refractivity contribution in [1.82, 2.24) is 30.0 Å². The molecule has 4 aromatic rings. The normalized spacial score (nSPS) is 15.0. The standard InChI is InChI=1S/C30H29FN6/c1-3-21(15-22(4-2)20-37-13-6-5-7-14-37)11-12-24-17-33-36-28(24)30-34-27-19-32-18-26(29(27)35-30)23-9-8-10-25(31)16-23/h3-4,8-10,15-19H,2,5-7,13-14,20H2,1H3,(H,33,36)(H,34,35)/b21-3-,22-15+. The molecule has 1 fully saturated rings. The summed E-state index contributed by atoms with van der Waals surface area (Å²) in [5.41, 5.74) is 6.40. The van der Waals surface area contributed by atoms with Gasteiger partial charge in [0.15, 0.2) is 5.82 Å². The number of H-pyrrole nitrogens is 2. The van der Waals surface area contributed by atoms with Crippen LogP contribution in [0.15, 0.2) is 78.8 Å². The lowest BCUT2D eigenvalue weighted by molar-refractivity contribution is 0.248. The van der Waals surface area contributed by atoms with Crippen LogP contribution in [-0.2, 0) is 0 Å². The summed E-state index contributed by atoms with van der Waals surface area (Å²) in [7, 11) is 0. The minimum atomic E-state index is -0.305. The van der Waals surface area contributed by atoms with Gasteiger partial charge in [-0.2, -0.15) is 5.10 Å². The van der Waals surface area contributed by atoms with Gasteiger partial charge >= 0.3 is 0 Å². The zero-order chi connectivity index (χ0) is 25.6. The average molecular weight is 493 g/mol. The molecule has 5 rings (SSSR count). The van der Waals surface area contributed by atoms with E-state index in [0.717, 1.165) is 47.4 Å².